The van der Waals surface area contributed by atoms with E-state index in [1.807, 2.05) is 0 Å². The second-order valence-electron chi connectivity index (χ2n) is 6.29. The van der Waals surface area contributed by atoms with Crippen molar-refractivity contribution >= 4 is 29.3 Å². The Labute approximate surface area is 150 Å². The summed E-state index contributed by atoms with van der Waals surface area (Å²) in [5.74, 6) is 0. The smallest absolute Gasteiger partial charge is 0.00998 e. The minimum atomic E-state index is -0.462. The molecule has 0 nitrogen and oxygen atoms in total. The molecule has 0 bridgehead atoms. The van der Waals surface area contributed by atoms with E-state index in [4.69, 9.17) is 0 Å². The highest BCUT2D eigenvalue weighted by Gasteiger charge is 2.23. The summed E-state index contributed by atoms with van der Waals surface area (Å²) in [5.41, 5.74) is 1.89. The van der Waals surface area contributed by atoms with Gasteiger partial charge in [0.2, 0.25) is 0 Å². The molecule has 1 atom stereocenters. The molecule has 0 aromatic heterocycles. The van der Waals surface area contributed by atoms with Crippen LogP contribution in [-0.2, 0) is 0 Å². The molecule has 25 heavy (non-hydrogen) atoms. The Bertz CT molecular complexity index is 916. The lowest BCUT2D eigenvalue weighted by atomic mass is 10.0. The summed E-state index contributed by atoms with van der Waals surface area (Å²) >= 11 is 0. The molecule has 0 aliphatic rings. The fraction of sp³-hybridized carbons (Fsp3) is 0.0833. The lowest BCUT2D eigenvalue weighted by Gasteiger charge is -2.27. The molecule has 0 N–H and O–H groups in total. The van der Waals surface area contributed by atoms with Crippen molar-refractivity contribution in [2.75, 3.05) is 0 Å². The van der Waals surface area contributed by atoms with E-state index in [2.05, 4.69) is 110 Å². The Kier molecular flexibility index (Phi) is 4.63. The molecule has 1 heteroatoms. The van der Waals surface area contributed by atoms with Gasteiger partial charge >= 0.3 is 0 Å². The monoisotopic (exact) mass is 340 g/mol. The van der Waals surface area contributed by atoms with E-state index in [0.29, 0.717) is 5.66 Å². The van der Waals surface area contributed by atoms with Crippen LogP contribution in [0.2, 0.25) is 0 Å². The van der Waals surface area contributed by atoms with Gasteiger partial charge in [0.1, 0.15) is 0 Å². The van der Waals surface area contributed by atoms with Crippen LogP contribution in [0.4, 0.5) is 0 Å². The molecule has 0 fully saturated rings. The number of hydrogen-bond acceptors (Lipinski definition) is 0. The van der Waals surface area contributed by atoms with Crippen molar-refractivity contribution in [1.29, 1.82) is 0 Å². The predicted octanol–water partition coefficient (Wildman–Crippen LogP) is 6.03. The molecule has 0 aliphatic carbocycles. The molecule has 4 rings (SSSR count). The Hall–Kier alpha value is -2.43. The van der Waals surface area contributed by atoms with E-state index < -0.39 is 7.92 Å². The molecular weight excluding hydrogens is 319 g/mol. The standard InChI is InChI=1S/C24H21P/c1-19(23-18-10-12-20-11-8-9-17-24(20)23)25(21-13-4-2-5-14-21)22-15-6-3-7-16-22/h2-19H,1H3/t19-/m0/s1. The van der Waals surface area contributed by atoms with Crippen LogP contribution in [0.15, 0.2) is 103 Å². The van der Waals surface area contributed by atoms with Crippen molar-refractivity contribution < 1.29 is 0 Å². The second-order valence-corrected chi connectivity index (χ2v) is 8.83. The average Bonchev–Trinajstić information content (AvgIpc) is 2.69. The zero-order valence-electron chi connectivity index (χ0n) is 14.3. The van der Waals surface area contributed by atoms with E-state index in [0.717, 1.165) is 0 Å². The Morgan fingerprint density at radius 2 is 1.08 bits per heavy atom. The van der Waals surface area contributed by atoms with Crippen molar-refractivity contribution in [1.82, 2.24) is 0 Å². The average molecular weight is 340 g/mol. The molecule has 4 aromatic carbocycles. The van der Waals surface area contributed by atoms with Crippen molar-refractivity contribution in [3.05, 3.63) is 109 Å². The van der Waals surface area contributed by atoms with E-state index in [9.17, 15) is 0 Å². The van der Waals surface area contributed by atoms with Crippen LogP contribution in [0, 0.1) is 0 Å². The summed E-state index contributed by atoms with van der Waals surface area (Å²) in [6.07, 6.45) is 0. The maximum Gasteiger partial charge on any atom is 0.00998 e. The van der Waals surface area contributed by atoms with E-state index >= 15 is 0 Å². The largest absolute Gasteiger partial charge is 0.0622 e. The zero-order chi connectivity index (χ0) is 17.1. The van der Waals surface area contributed by atoms with Gasteiger partial charge in [-0.25, -0.2) is 0 Å². The topological polar surface area (TPSA) is 0 Å². The maximum atomic E-state index is 2.38. The van der Waals surface area contributed by atoms with Gasteiger partial charge in [0.05, 0.1) is 0 Å². The van der Waals surface area contributed by atoms with Gasteiger partial charge in [-0.15, -0.1) is 0 Å². The molecule has 4 aromatic rings. The molecule has 0 heterocycles. The molecular formula is C24H21P. The summed E-state index contributed by atoms with van der Waals surface area (Å²) < 4.78 is 0. The van der Waals surface area contributed by atoms with Crippen LogP contribution < -0.4 is 10.6 Å². The SMILES string of the molecule is C[C@@H](c1cccc2ccccc12)P(c1ccccc1)c1ccccc1. The van der Waals surface area contributed by atoms with Gasteiger partial charge in [0.25, 0.3) is 0 Å². The molecule has 0 saturated carbocycles. The fourth-order valence-electron chi connectivity index (χ4n) is 3.53. The third-order valence-corrected chi connectivity index (χ3v) is 7.49. The first-order valence-corrected chi connectivity index (χ1v) is 10.1. The third kappa shape index (κ3) is 3.23. The van der Waals surface area contributed by atoms with Gasteiger partial charge in [-0.2, -0.15) is 0 Å². The van der Waals surface area contributed by atoms with Gasteiger partial charge in [0, 0.05) is 5.66 Å². The van der Waals surface area contributed by atoms with E-state index in [-0.39, 0.29) is 0 Å². The van der Waals surface area contributed by atoms with Crippen LogP contribution in [0.5, 0.6) is 0 Å². The summed E-state index contributed by atoms with van der Waals surface area (Å²) in [6, 6.07) is 37.4. The Morgan fingerprint density at radius 1 is 0.560 bits per heavy atom. The minimum absolute atomic E-state index is 0.450. The van der Waals surface area contributed by atoms with Gasteiger partial charge < -0.3 is 0 Å². The van der Waals surface area contributed by atoms with Crippen molar-refractivity contribution in [2.45, 2.75) is 12.6 Å². The summed E-state index contributed by atoms with van der Waals surface area (Å²) in [7, 11) is -0.462. The second kappa shape index (κ2) is 7.21. The maximum absolute atomic E-state index is 2.38. The molecule has 0 saturated heterocycles. The predicted molar refractivity (Wildman–Crippen MR) is 111 cm³/mol. The highest BCUT2D eigenvalue weighted by Crippen LogP contribution is 2.50. The van der Waals surface area contributed by atoms with Crippen LogP contribution in [-0.4, -0.2) is 0 Å². The third-order valence-electron chi connectivity index (χ3n) is 4.73. The molecule has 0 unspecified atom stereocenters. The first-order valence-electron chi connectivity index (χ1n) is 8.71. The number of rotatable bonds is 4. The first-order chi connectivity index (χ1) is 12.3. The van der Waals surface area contributed by atoms with Crippen LogP contribution >= 0.6 is 7.92 Å². The zero-order valence-corrected chi connectivity index (χ0v) is 15.2. The molecule has 0 amide bonds. The van der Waals surface area contributed by atoms with Crippen molar-refractivity contribution in [3.8, 4) is 0 Å². The summed E-state index contributed by atoms with van der Waals surface area (Å²) in [4.78, 5) is 0. The number of benzene rings is 4. The van der Waals surface area contributed by atoms with Gasteiger partial charge in [-0.3, -0.25) is 0 Å². The minimum Gasteiger partial charge on any atom is -0.0622 e. The normalized spacial score (nSPS) is 12.4. The first kappa shape index (κ1) is 16.1. The van der Waals surface area contributed by atoms with E-state index in [1.54, 1.807) is 0 Å². The van der Waals surface area contributed by atoms with Crippen LogP contribution in [0.3, 0.4) is 0 Å². The summed E-state index contributed by atoms with van der Waals surface area (Å²) in [6.45, 7) is 2.38. The van der Waals surface area contributed by atoms with Crippen LogP contribution in [0.1, 0.15) is 18.1 Å². The lowest BCUT2D eigenvalue weighted by molar-refractivity contribution is 1.10. The Balaban J connectivity index is 1.87. The lowest BCUT2D eigenvalue weighted by Crippen LogP contribution is -2.15. The summed E-state index contributed by atoms with van der Waals surface area (Å²) in [5, 5.41) is 5.56. The quantitative estimate of drug-likeness (QED) is 0.398. The van der Waals surface area contributed by atoms with Gasteiger partial charge in [-0.1, -0.05) is 110 Å². The Morgan fingerprint density at radius 3 is 1.72 bits per heavy atom. The molecule has 0 aliphatic heterocycles. The highest BCUT2D eigenvalue weighted by molar-refractivity contribution is 7.73. The van der Waals surface area contributed by atoms with Crippen molar-refractivity contribution in [2.24, 2.45) is 0 Å². The van der Waals surface area contributed by atoms with Crippen molar-refractivity contribution in [3.63, 3.8) is 0 Å². The fourth-order valence-corrected chi connectivity index (χ4v) is 6.21. The van der Waals surface area contributed by atoms with Gasteiger partial charge in [-0.05, 0) is 34.9 Å². The molecule has 0 spiro atoms. The number of fused-ring (bicyclic) bond motifs is 1. The molecule has 0 radical (unpaired) electrons. The number of hydrogen-bond donors (Lipinski definition) is 0. The van der Waals surface area contributed by atoms with Crippen LogP contribution in [0.25, 0.3) is 10.8 Å². The highest BCUT2D eigenvalue weighted by atomic mass is 31.1. The van der Waals surface area contributed by atoms with Gasteiger partial charge in [0.15, 0.2) is 0 Å². The molecule has 122 valence electrons. The van der Waals surface area contributed by atoms with E-state index in [1.165, 1.54) is 26.9 Å².